The highest BCUT2D eigenvalue weighted by atomic mass is 79.9. The largest absolute Gasteiger partial charge is 0.352 e. The van der Waals surface area contributed by atoms with Gasteiger partial charge in [0.1, 0.15) is 6.54 Å². The Morgan fingerprint density at radius 3 is 2.91 bits per heavy atom. The van der Waals surface area contributed by atoms with Crippen molar-refractivity contribution in [3.8, 4) is 0 Å². The fourth-order valence-electron chi connectivity index (χ4n) is 3.46. The maximum atomic E-state index is 12.4. The van der Waals surface area contributed by atoms with Crippen LogP contribution in [0, 0.1) is 5.92 Å². The molecule has 2 aromatic rings. The predicted molar refractivity (Wildman–Crippen MR) is 94.6 cm³/mol. The molecule has 23 heavy (non-hydrogen) atoms. The van der Waals surface area contributed by atoms with Crippen LogP contribution in [0.5, 0.6) is 0 Å². The summed E-state index contributed by atoms with van der Waals surface area (Å²) in [5, 5.41) is 4.03. The molecule has 3 rings (SSSR count). The lowest BCUT2D eigenvalue weighted by atomic mass is 9.86. The Bertz CT molecular complexity index is 738. The van der Waals surface area contributed by atoms with Crippen LogP contribution in [0.3, 0.4) is 0 Å². The second-order valence-electron chi connectivity index (χ2n) is 6.43. The standard InChI is InChI=1S/C18H21BrN2O2/c1-12-4-2-3-5-16(12)20-18(23)10-21-9-13(11-22)15-8-14(19)6-7-17(15)21/h6-9,11-12,16H,2-5,10H2,1H3,(H,20,23)/t12-,16+/m1/s1. The highest BCUT2D eigenvalue weighted by Gasteiger charge is 2.23. The number of carbonyl (C=O) groups is 2. The maximum absolute atomic E-state index is 12.4. The summed E-state index contributed by atoms with van der Waals surface area (Å²) in [4.78, 5) is 23.7. The minimum atomic E-state index is 0.0148. The molecule has 0 unspecified atom stereocenters. The van der Waals surface area contributed by atoms with Crippen molar-refractivity contribution >= 4 is 39.0 Å². The van der Waals surface area contributed by atoms with Gasteiger partial charge in [-0.2, -0.15) is 0 Å². The summed E-state index contributed by atoms with van der Waals surface area (Å²) in [5.41, 5.74) is 1.52. The molecular weight excluding hydrogens is 356 g/mol. The lowest BCUT2D eigenvalue weighted by Crippen LogP contribution is -2.42. The molecule has 1 aromatic carbocycles. The number of hydrogen-bond donors (Lipinski definition) is 1. The Hall–Kier alpha value is -1.62. The average molecular weight is 377 g/mol. The first-order valence-corrected chi connectivity index (χ1v) is 8.90. The topological polar surface area (TPSA) is 51.1 Å². The summed E-state index contributed by atoms with van der Waals surface area (Å²) in [6.07, 6.45) is 7.28. The number of hydrogen-bond acceptors (Lipinski definition) is 2. The second kappa shape index (κ2) is 6.87. The van der Waals surface area contributed by atoms with E-state index < -0.39 is 0 Å². The molecule has 5 heteroatoms. The summed E-state index contributed by atoms with van der Waals surface area (Å²) in [5.74, 6) is 0.552. The minimum Gasteiger partial charge on any atom is -0.352 e. The van der Waals surface area contributed by atoms with E-state index in [1.54, 1.807) is 6.20 Å². The Kier molecular flexibility index (Phi) is 4.85. The van der Waals surface area contributed by atoms with Gasteiger partial charge < -0.3 is 9.88 Å². The van der Waals surface area contributed by atoms with Gasteiger partial charge in [-0.1, -0.05) is 35.7 Å². The van der Waals surface area contributed by atoms with E-state index in [9.17, 15) is 9.59 Å². The molecule has 1 amide bonds. The SMILES string of the molecule is C[C@@H]1CCCC[C@@H]1NC(=O)Cn1cc(C=O)c2cc(Br)ccc21. The van der Waals surface area contributed by atoms with Crippen molar-refractivity contribution < 1.29 is 9.59 Å². The monoisotopic (exact) mass is 376 g/mol. The molecule has 4 nitrogen and oxygen atoms in total. The van der Waals surface area contributed by atoms with E-state index >= 15 is 0 Å². The lowest BCUT2D eigenvalue weighted by molar-refractivity contribution is -0.122. The van der Waals surface area contributed by atoms with E-state index in [1.807, 2.05) is 22.8 Å². The zero-order chi connectivity index (χ0) is 16.4. The van der Waals surface area contributed by atoms with Crippen LogP contribution in [0.1, 0.15) is 43.0 Å². The van der Waals surface area contributed by atoms with Gasteiger partial charge in [-0.15, -0.1) is 0 Å². The van der Waals surface area contributed by atoms with Gasteiger partial charge in [-0.3, -0.25) is 9.59 Å². The molecule has 1 heterocycles. The Labute approximate surface area is 144 Å². The molecule has 1 aromatic heterocycles. The van der Waals surface area contributed by atoms with E-state index in [4.69, 9.17) is 0 Å². The molecule has 1 saturated carbocycles. The van der Waals surface area contributed by atoms with Gasteiger partial charge in [0, 0.05) is 33.2 Å². The molecule has 0 spiro atoms. The summed E-state index contributed by atoms with van der Waals surface area (Å²) in [6.45, 7) is 2.45. The second-order valence-corrected chi connectivity index (χ2v) is 7.34. The summed E-state index contributed by atoms with van der Waals surface area (Å²) in [7, 11) is 0. The van der Waals surface area contributed by atoms with Crippen molar-refractivity contribution in [2.45, 2.75) is 45.2 Å². The summed E-state index contributed by atoms with van der Waals surface area (Å²) in [6, 6.07) is 6.05. The molecule has 1 N–H and O–H groups in total. The Balaban J connectivity index is 1.78. The number of fused-ring (bicyclic) bond motifs is 1. The number of aromatic nitrogens is 1. The molecule has 1 aliphatic rings. The number of amides is 1. The molecule has 1 aliphatic carbocycles. The van der Waals surface area contributed by atoms with Crippen molar-refractivity contribution in [2.24, 2.45) is 5.92 Å². The highest BCUT2D eigenvalue weighted by Crippen LogP contribution is 2.25. The van der Waals surface area contributed by atoms with Gasteiger partial charge in [-0.05, 0) is 37.0 Å². The third kappa shape index (κ3) is 3.50. The lowest BCUT2D eigenvalue weighted by Gasteiger charge is -2.29. The number of nitrogens with one attached hydrogen (secondary N) is 1. The van der Waals surface area contributed by atoms with Gasteiger partial charge in [0.05, 0.1) is 0 Å². The molecule has 0 aliphatic heterocycles. The Morgan fingerprint density at radius 2 is 2.17 bits per heavy atom. The minimum absolute atomic E-state index is 0.0148. The van der Waals surface area contributed by atoms with E-state index in [0.29, 0.717) is 11.5 Å². The molecule has 0 radical (unpaired) electrons. The normalized spacial score (nSPS) is 21.3. The first-order chi connectivity index (χ1) is 11.1. The van der Waals surface area contributed by atoms with Crippen LogP contribution in [0.2, 0.25) is 0 Å². The first kappa shape index (κ1) is 16.2. The fraction of sp³-hybridized carbons (Fsp3) is 0.444. The van der Waals surface area contributed by atoms with Crippen LogP contribution >= 0.6 is 15.9 Å². The summed E-state index contributed by atoms with van der Waals surface area (Å²) >= 11 is 3.42. The zero-order valence-electron chi connectivity index (χ0n) is 13.2. The average Bonchev–Trinajstić information content (AvgIpc) is 2.86. The molecule has 2 atom stereocenters. The Morgan fingerprint density at radius 1 is 1.39 bits per heavy atom. The van der Waals surface area contributed by atoms with Crippen molar-refractivity contribution in [1.29, 1.82) is 0 Å². The smallest absolute Gasteiger partial charge is 0.240 e. The fourth-order valence-corrected chi connectivity index (χ4v) is 3.82. The van der Waals surface area contributed by atoms with Crippen LogP contribution in [0.4, 0.5) is 0 Å². The van der Waals surface area contributed by atoms with Gasteiger partial charge in [0.15, 0.2) is 6.29 Å². The zero-order valence-corrected chi connectivity index (χ0v) is 14.8. The number of aldehydes is 1. The van der Waals surface area contributed by atoms with Gasteiger partial charge in [0.2, 0.25) is 5.91 Å². The number of nitrogens with zero attached hydrogens (tertiary/aromatic N) is 1. The van der Waals surface area contributed by atoms with Crippen molar-refractivity contribution in [3.63, 3.8) is 0 Å². The van der Waals surface area contributed by atoms with Gasteiger partial charge in [-0.25, -0.2) is 0 Å². The number of halogens is 1. The molecule has 122 valence electrons. The van der Waals surface area contributed by atoms with Crippen molar-refractivity contribution in [2.75, 3.05) is 0 Å². The van der Waals surface area contributed by atoms with E-state index in [1.165, 1.54) is 19.3 Å². The van der Waals surface area contributed by atoms with Crippen LogP contribution in [0.25, 0.3) is 10.9 Å². The summed E-state index contributed by atoms with van der Waals surface area (Å²) < 4.78 is 2.78. The predicted octanol–water partition coefficient (Wildman–Crippen LogP) is 3.91. The maximum Gasteiger partial charge on any atom is 0.240 e. The number of benzene rings is 1. The quantitative estimate of drug-likeness (QED) is 0.822. The van der Waals surface area contributed by atoms with E-state index in [2.05, 4.69) is 28.2 Å². The van der Waals surface area contributed by atoms with Crippen LogP contribution in [-0.2, 0) is 11.3 Å². The molecular formula is C18H21BrN2O2. The van der Waals surface area contributed by atoms with Gasteiger partial charge in [0.25, 0.3) is 0 Å². The van der Waals surface area contributed by atoms with Gasteiger partial charge >= 0.3 is 0 Å². The molecule has 1 fully saturated rings. The third-order valence-corrected chi connectivity index (χ3v) is 5.27. The third-order valence-electron chi connectivity index (χ3n) is 4.77. The van der Waals surface area contributed by atoms with Crippen molar-refractivity contribution in [3.05, 3.63) is 34.4 Å². The van der Waals surface area contributed by atoms with E-state index in [0.717, 1.165) is 28.1 Å². The highest BCUT2D eigenvalue weighted by molar-refractivity contribution is 9.10. The van der Waals surface area contributed by atoms with Crippen molar-refractivity contribution in [1.82, 2.24) is 9.88 Å². The number of rotatable bonds is 4. The first-order valence-electron chi connectivity index (χ1n) is 8.11. The van der Waals surface area contributed by atoms with E-state index in [-0.39, 0.29) is 18.5 Å². The molecule has 0 bridgehead atoms. The number of carbonyl (C=O) groups excluding carboxylic acids is 2. The molecule has 0 saturated heterocycles. The van der Waals surface area contributed by atoms with Crippen LogP contribution in [-0.4, -0.2) is 22.8 Å². The van der Waals surface area contributed by atoms with Crippen LogP contribution in [0.15, 0.2) is 28.9 Å². The van der Waals surface area contributed by atoms with Crippen LogP contribution < -0.4 is 5.32 Å².